The smallest absolute Gasteiger partial charge is 0.156 e. The second kappa shape index (κ2) is 4.97. The van der Waals surface area contributed by atoms with Crippen LogP contribution < -0.4 is 5.73 Å². The lowest BCUT2D eigenvalue weighted by atomic mass is 10.2. The van der Waals surface area contributed by atoms with E-state index in [0.29, 0.717) is 5.82 Å². The Hall–Kier alpha value is -1.95. The molecule has 2 heterocycles. The first-order chi connectivity index (χ1) is 9.29. The SMILES string of the molecule is CCSCc1[nH]nc(N)c1-c1nc2ccccc2[nH]1. The van der Waals surface area contributed by atoms with E-state index in [1.807, 2.05) is 36.0 Å². The number of para-hydroxylation sites is 2. The summed E-state index contributed by atoms with van der Waals surface area (Å²) in [4.78, 5) is 7.88. The third kappa shape index (κ3) is 2.19. The highest BCUT2D eigenvalue weighted by atomic mass is 32.2. The van der Waals surface area contributed by atoms with Crippen LogP contribution in [0, 0.1) is 0 Å². The number of hydrogen-bond donors (Lipinski definition) is 3. The van der Waals surface area contributed by atoms with E-state index in [1.165, 1.54) is 0 Å². The third-order valence-electron chi connectivity index (χ3n) is 2.95. The van der Waals surface area contributed by atoms with Crippen molar-refractivity contribution in [3.63, 3.8) is 0 Å². The Bertz CT molecular complexity index is 667. The van der Waals surface area contributed by atoms with Crippen molar-refractivity contribution in [2.24, 2.45) is 0 Å². The van der Waals surface area contributed by atoms with Gasteiger partial charge in [0.25, 0.3) is 0 Å². The van der Waals surface area contributed by atoms with Crippen molar-refractivity contribution < 1.29 is 0 Å². The summed E-state index contributed by atoms with van der Waals surface area (Å²) in [6, 6.07) is 7.94. The molecule has 0 aliphatic rings. The molecule has 2 aromatic heterocycles. The molecule has 98 valence electrons. The maximum Gasteiger partial charge on any atom is 0.156 e. The molecule has 0 saturated carbocycles. The van der Waals surface area contributed by atoms with Crippen molar-refractivity contribution in [1.82, 2.24) is 20.2 Å². The minimum Gasteiger partial charge on any atom is -0.382 e. The van der Waals surface area contributed by atoms with Gasteiger partial charge in [-0.05, 0) is 17.9 Å². The number of anilines is 1. The number of rotatable bonds is 4. The second-order valence-electron chi connectivity index (χ2n) is 4.20. The second-order valence-corrected chi connectivity index (χ2v) is 5.48. The molecule has 0 aliphatic carbocycles. The predicted octanol–water partition coefficient (Wildman–Crippen LogP) is 2.79. The molecule has 0 atom stereocenters. The molecule has 19 heavy (non-hydrogen) atoms. The first-order valence-electron chi connectivity index (χ1n) is 6.15. The standard InChI is InChI=1S/C13H15N5S/c1-2-19-7-10-11(12(14)18-17-10)13-15-8-5-3-4-6-9(8)16-13/h3-6H,2,7H2,1H3,(H,15,16)(H3,14,17,18). The van der Waals surface area contributed by atoms with Crippen molar-refractivity contribution in [1.29, 1.82) is 0 Å². The van der Waals surface area contributed by atoms with Crippen LogP contribution in [0.1, 0.15) is 12.6 Å². The van der Waals surface area contributed by atoms with Crippen LogP contribution >= 0.6 is 11.8 Å². The van der Waals surface area contributed by atoms with Crippen LogP contribution in [0.3, 0.4) is 0 Å². The Morgan fingerprint density at radius 2 is 2.16 bits per heavy atom. The molecular weight excluding hydrogens is 258 g/mol. The normalized spacial score (nSPS) is 11.2. The van der Waals surface area contributed by atoms with Gasteiger partial charge in [0.05, 0.1) is 22.3 Å². The van der Waals surface area contributed by atoms with Crippen molar-refractivity contribution in [3.8, 4) is 11.4 Å². The van der Waals surface area contributed by atoms with Crippen LogP contribution in [-0.4, -0.2) is 25.9 Å². The molecule has 0 fully saturated rings. The largest absolute Gasteiger partial charge is 0.382 e. The van der Waals surface area contributed by atoms with Crippen LogP contribution in [0.25, 0.3) is 22.4 Å². The first kappa shape index (κ1) is 12.1. The number of thioether (sulfide) groups is 1. The fraction of sp³-hybridized carbons (Fsp3) is 0.231. The van der Waals surface area contributed by atoms with Crippen LogP contribution in [0.5, 0.6) is 0 Å². The quantitative estimate of drug-likeness (QED) is 0.682. The van der Waals surface area contributed by atoms with Gasteiger partial charge in [0, 0.05) is 5.75 Å². The predicted molar refractivity (Wildman–Crippen MR) is 79.9 cm³/mol. The van der Waals surface area contributed by atoms with E-state index in [0.717, 1.165) is 39.6 Å². The number of nitrogens with zero attached hydrogens (tertiary/aromatic N) is 2. The lowest BCUT2D eigenvalue weighted by Crippen LogP contribution is -1.91. The Labute approximate surface area is 115 Å². The molecule has 0 saturated heterocycles. The summed E-state index contributed by atoms with van der Waals surface area (Å²) in [5.74, 6) is 3.18. The molecule has 4 N–H and O–H groups in total. The Morgan fingerprint density at radius 3 is 2.95 bits per heavy atom. The first-order valence-corrected chi connectivity index (χ1v) is 7.30. The fourth-order valence-corrected chi connectivity index (χ4v) is 2.66. The average molecular weight is 273 g/mol. The van der Waals surface area contributed by atoms with Crippen LogP contribution in [-0.2, 0) is 5.75 Å². The zero-order chi connectivity index (χ0) is 13.2. The van der Waals surface area contributed by atoms with Gasteiger partial charge in [0.15, 0.2) is 5.82 Å². The summed E-state index contributed by atoms with van der Waals surface area (Å²) < 4.78 is 0. The number of aromatic amines is 2. The van der Waals surface area contributed by atoms with Gasteiger partial charge in [-0.15, -0.1) is 0 Å². The van der Waals surface area contributed by atoms with E-state index in [1.54, 1.807) is 0 Å². The van der Waals surface area contributed by atoms with Crippen molar-refractivity contribution in [2.75, 3.05) is 11.5 Å². The van der Waals surface area contributed by atoms with Crippen molar-refractivity contribution >= 4 is 28.6 Å². The number of benzene rings is 1. The van der Waals surface area contributed by atoms with Gasteiger partial charge in [-0.25, -0.2) is 4.98 Å². The van der Waals surface area contributed by atoms with E-state index >= 15 is 0 Å². The maximum atomic E-state index is 5.96. The lowest BCUT2D eigenvalue weighted by Gasteiger charge is -2.00. The minimum absolute atomic E-state index is 0.491. The Morgan fingerprint density at radius 1 is 1.32 bits per heavy atom. The molecule has 0 unspecified atom stereocenters. The highest BCUT2D eigenvalue weighted by Crippen LogP contribution is 2.29. The summed E-state index contributed by atoms with van der Waals surface area (Å²) in [7, 11) is 0. The molecule has 6 heteroatoms. The van der Waals surface area contributed by atoms with Gasteiger partial charge >= 0.3 is 0 Å². The molecule has 0 spiro atoms. The maximum absolute atomic E-state index is 5.96. The number of hydrogen-bond acceptors (Lipinski definition) is 4. The molecule has 0 aliphatic heterocycles. The molecular formula is C13H15N5S. The Balaban J connectivity index is 2.07. The van der Waals surface area contributed by atoms with Crippen molar-refractivity contribution in [2.45, 2.75) is 12.7 Å². The highest BCUT2D eigenvalue weighted by molar-refractivity contribution is 7.98. The van der Waals surface area contributed by atoms with Gasteiger partial charge in [-0.1, -0.05) is 19.1 Å². The van der Waals surface area contributed by atoms with Crippen LogP contribution in [0.4, 0.5) is 5.82 Å². The summed E-state index contributed by atoms with van der Waals surface area (Å²) in [6.45, 7) is 2.13. The molecule has 0 radical (unpaired) electrons. The molecule has 1 aromatic carbocycles. The van der Waals surface area contributed by atoms with E-state index in [4.69, 9.17) is 5.73 Å². The number of nitrogens with one attached hydrogen (secondary N) is 2. The molecule has 0 bridgehead atoms. The average Bonchev–Trinajstić information content (AvgIpc) is 2.99. The number of imidazole rings is 1. The van der Waals surface area contributed by atoms with E-state index in [9.17, 15) is 0 Å². The Kier molecular flexibility index (Phi) is 3.16. The van der Waals surface area contributed by atoms with Gasteiger partial charge in [-0.3, -0.25) is 5.10 Å². The van der Waals surface area contributed by atoms with Crippen LogP contribution in [0.2, 0.25) is 0 Å². The van der Waals surface area contributed by atoms with Gasteiger partial charge < -0.3 is 10.7 Å². The van der Waals surface area contributed by atoms with Crippen molar-refractivity contribution in [3.05, 3.63) is 30.0 Å². The van der Waals surface area contributed by atoms with E-state index in [2.05, 4.69) is 27.1 Å². The monoisotopic (exact) mass is 273 g/mol. The number of nitrogen functional groups attached to an aromatic ring is 1. The van der Waals surface area contributed by atoms with Crippen LogP contribution in [0.15, 0.2) is 24.3 Å². The number of fused-ring (bicyclic) bond motifs is 1. The van der Waals surface area contributed by atoms with Gasteiger partial charge in [0.1, 0.15) is 5.82 Å². The topological polar surface area (TPSA) is 83.4 Å². The highest BCUT2D eigenvalue weighted by Gasteiger charge is 2.16. The molecule has 0 amide bonds. The summed E-state index contributed by atoms with van der Waals surface area (Å²) >= 11 is 1.82. The number of H-pyrrole nitrogens is 2. The minimum atomic E-state index is 0.491. The number of aromatic nitrogens is 4. The summed E-state index contributed by atoms with van der Waals surface area (Å²) in [6.07, 6.45) is 0. The van der Waals surface area contributed by atoms with E-state index in [-0.39, 0.29) is 0 Å². The van der Waals surface area contributed by atoms with Gasteiger partial charge in [0.2, 0.25) is 0 Å². The lowest BCUT2D eigenvalue weighted by molar-refractivity contribution is 1.04. The molecule has 3 rings (SSSR count). The third-order valence-corrected chi connectivity index (χ3v) is 3.85. The number of nitrogens with two attached hydrogens (primary N) is 1. The fourth-order valence-electron chi connectivity index (χ4n) is 2.04. The summed E-state index contributed by atoms with van der Waals surface area (Å²) in [5, 5.41) is 7.09. The molecule has 5 nitrogen and oxygen atoms in total. The zero-order valence-corrected chi connectivity index (χ0v) is 11.4. The van der Waals surface area contributed by atoms with E-state index < -0.39 is 0 Å². The molecule has 3 aromatic rings. The van der Waals surface area contributed by atoms with Gasteiger partial charge in [-0.2, -0.15) is 16.9 Å². The zero-order valence-electron chi connectivity index (χ0n) is 10.6. The summed E-state index contributed by atoms with van der Waals surface area (Å²) in [5.41, 5.74) is 9.80.